The molecule has 0 aliphatic carbocycles. The lowest BCUT2D eigenvalue weighted by Crippen LogP contribution is -2.13. The predicted molar refractivity (Wildman–Crippen MR) is 31.0 cm³/mol. The van der Waals surface area contributed by atoms with Gasteiger partial charge in [0.15, 0.2) is 0 Å². The predicted octanol–water partition coefficient (Wildman–Crippen LogP) is 0.576. The van der Waals surface area contributed by atoms with Gasteiger partial charge in [-0.2, -0.15) is 0 Å². The van der Waals surface area contributed by atoms with Crippen LogP contribution in [0.2, 0.25) is 0 Å². The number of carbonyl (C=O) groups is 1. The van der Waals surface area contributed by atoms with Gasteiger partial charge in [-0.15, -0.1) is 0 Å². The average molecular weight is 109 g/mol. The van der Waals surface area contributed by atoms with E-state index in [1.165, 1.54) is 0 Å². The molecule has 1 heterocycles. The minimum atomic E-state index is 0.0509. The van der Waals surface area contributed by atoms with Gasteiger partial charge < -0.3 is 5.32 Å². The largest absolute Gasteiger partial charge is 0.332 e. The molecule has 1 amide bonds. The van der Waals surface area contributed by atoms with E-state index >= 15 is 0 Å². The molecule has 0 radical (unpaired) electrons. The van der Waals surface area contributed by atoms with Crippen molar-refractivity contribution < 1.29 is 4.79 Å². The van der Waals surface area contributed by atoms with Crippen LogP contribution in [0.25, 0.3) is 0 Å². The fourth-order valence-electron chi connectivity index (χ4n) is 0.509. The molecule has 1 aliphatic heterocycles. The van der Waals surface area contributed by atoms with E-state index in [4.69, 9.17) is 0 Å². The van der Waals surface area contributed by atoms with Crippen molar-refractivity contribution in [2.75, 3.05) is 0 Å². The topological polar surface area (TPSA) is 29.1 Å². The van der Waals surface area contributed by atoms with Crippen molar-refractivity contribution in [3.63, 3.8) is 0 Å². The summed E-state index contributed by atoms with van der Waals surface area (Å²) in [7, 11) is 0. The van der Waals surface area contributed by atoms with Crippen molar-refractivity contribution in [2.45, 2.75) is 6.42 Å². The van der Waals surface area contributed by atoms with Crippen LogP contribution in [0.3, 0.4) is 0 Å². The first-order valence-corrected chi connectivity index (χ1v) is 2.50. The molecule has 0 spiro atoms. The van der Waals surface area contributed by atoms with E-state index in [9.17, 15) is 4.79 Å². The number of nitrogens with one attached hydrogen (secondary N) is 1. The van der Waals surface area contributed by atoms with Gasteiger partial charge in [0.2, 0.25) is 5.91 Å². The maximum atomic E-state index is 10.5. The third-order valence-corrected chi connectivity index (χ3v) is 0.891. The molecule has 0 unspecified atom stereocenters. The van der Waals surface area contributed by atoms with Crippen molar-refractivity contribution in [1.29, 1.82) is 0 Å². The molecule has 0 saturated carbocycles. The summed E-state index contributed by atoms with van der Waals surface area (Å²) in [6.07, 6.45) is 7.58. The lowest BCUT2D eigenvalue weighted by molar-refractivity contribution is -0.119. The first kappa shape index (κ1) is 5.09. The monoisotopic (exact) mass is 109 g/mol. The quantitative estimate of drug-likeness (QED) is 0.484. The van der Waals surface area contributed by atoms with E-state index in [1.54, 1.807) is 12.3 Å². The highest BCUT2D eigenvalue weighted by Gasteiger charge is 1.93. The van der Waals surface area contributed by atoms with Crippen LogP contribution in [0.4, 0.5) is 0 Å². The second-order valence-corrected chi connectivity index (χ2v) is 1.56. The van der Waals surface area contributed by atoms with Crippen molar-refractivity contribution in [1.82, 2.24) is 5.32 Å². The van der Waals surface area contributed by atoms with Gasteiger partial charge >= 0.3 is 0 Å². The molecule has 0 aromatic rings. The Morgan fingerprint density at radius 2 is 2.38 bits per heavy atom. The summed E-state index contributed by atoms with van der Waals surface area (Å²) in [5.41, 5.74) is 0. The van der Waals surface area contributed by atoms with Gasteiger partial charge in [0, 0.05) is 12.6 Å². The van der Waals surface area contributed by atoms with Crippen LogP contribution in [0, 0.1) is 0 Å². The molecule has 0 aromatic carbocycles. The minimum Gasteiger partial charge on any atom is -0.332 e. The molecule has 2 heteroatoms. The Labute approximate surface area is 47.9 Å². The third kappa shape index (κ3) is 1.22. The Kier molecular flexibility index (Phi) is 1.47. The van der Waals surface area contributed by atoms with Crippen LogP contribution in [0.5, 0.6) is 0 Å². The van der Waals surface area contributed by atoms with E-state index < -0.39 is 0 Å². The lowest BCUT2D eigenvalue weighted by Gasteiger charge is -1.88. The Hall–Kier alpha value is -1.05. The molecule has 2 nitrogen and oxygen atoms in total. The van der Waals surface area contributed by atoms with Gasteiger partial charge in [-0.1, -0.05) is 12.2 Å². The lowest BCUT2D eigenvalue weighted by atomic mass is 10.4. The van der Waals surface area contributed by atoms with Crippen molar-refractivity contribution in [3.05, 3.63) is 24.4 Å². The zero-order valence-electron chi connectivity index (χ0n) is 4.42. The maximum Gasteiger partial charge on any atom is 0.227 e. The minimum absolute atomic E-state index is 0.0509. The molecule has 8 heavy (non-hydrogen) atoms. The number of allylic oxidation sites excluding steroid dienone is 2. The Morgan fingerprint density at radius 1 is 1.50 bits per heavy atom. The Balaban J connectivity index is 2.58. The zero-order valence-corrected chi connectivity index (χ0v) is 4.42. The fraction of sp³-hybridized carbons (Fsp3) is 0.167. The smallest absolute Gasteiger partial charge is 0.227 e. The summed E-state index contributed by atoms with van der Waals surface area (Å²) in [6.45, 7) is 0. The molecule has 0 saturated heterocycles. The van der Waals surface area contributed by atoms with Crippen molar-refractivity contribution in [2.24, 2.45) is 0 Å². The molecule has 0 atom stereocenters. The van der Waals surface area contributed by atoms with Crippen molar-refractivity contribution >= 4 is 5.91 Å². The normalized spacial score (nSPS) is 17.8. The summed E-state index contributed by atoms with van der Waals surface area (Å²) >= 11 is 0. The second-order valence-electron chi connectivity index (χ2n) is 1.56. The molecule has 0 aromatic heterocycles. The highest BCUT2D eigenvalue weighted by molar-refractivity contribution is 5.78. The Bertz CT molecular complexity index is 131. The summed E-state index contributed by atoms with van der Waals surface area (Å²) < 4.78 is 0. The SMILES string of the molecule is O=C1CC=CC=CN1. The summed E-state index contributed by atoms with van der Waals surface area (Å²) in [5, 5.41) is 2.56. The molecule has 1 N–H and O–H groups in total. The van der Waals surface area contributed by atoms with Crippen LogP contribution < -0.4 is 5.32 Å². The number of hydrogen-bond acceptors (Lipinski definition) is 1. The van der Waals surface area contributed by atoms with Gasteiger partial charge in [0.05, 0.1) is 0 Å². The molecule has 0 fully saturated rings. The number of rotatable bonds is 0. The van der Waals surface area contributed by atoms with Gasteiger partial charge in [-0.3, -0.25) is 4.79 Å². The number of amides is 1. The molecule has 0 bridgehead atoms. The summed E-state index contributed by atoms with van der Waals surface area (Å²) in [5.74, 6) is 0.0509. The van der Waals surface area contributed by atoms with Crippen LogP contribution in [0.1, 0.15) is 6.42 Å². The highest BCUT2D eigenvalue weighted by Crippen LogP contribution is 1.88. The van der Waals surface area contributed by atoms with E-state index in [2.05, 4.69) is 5.32 Å². The molecular formula is C6H7NO. The maximum absolute atomic E-state index is 10.5. The van der Waals surface area contributed by atoms with Gasteiger partial charge in [-0.25, -0.2) is 0 Å². The van der Waals surface area contributed by atoms with Gasteiger partial charge in [0.25, 0.3) is 0 Å². The molecule has 1 aliphatic rings. The molecular weight excluding hydrogens is 102 g/mol. The summed E-state index contributed by atoms with van der Waals surface area (Å²) in [6, 6.07) is 0. The van der Waals surface area contributed by atoms with E-state index in [0.717, 1.165) is 0 Å². The second kappa shape index (κ2) is 2.31. The molecule has 42 valence electrons. The first-order chi connectivity index (χ1) is 3.89. The number of hydrogen-bond donors (Lipinski definition) is 1. The van der Waals surface area contributed by atoms with Crippen LogP contribution in [0.15, 0.2) is 24.4 Å². The average Bonchev–Trinajstić information content (AvgIpc) is 1.94. The first-order valence-electron chi connectivity index (χ1n) is 2.50. The zero-order chi connectivity index (χ0) is 5.82. The standard InChI is InChI=1S/C6H7NO/c8-6-4-2-1-3-5-7-6/h1-3,5H,4H2,(H,7,8). The van der Waals surface area contributed by atoms with Crippen LogP contribution >= 0.6 is 0 Å². The van der Waals surface area contributed by atoms with Gasteiger partial charge in [0.1, 0.15) is 0 Å². The van der Waals surface area contributed by atoms with E-state index in [-0.39, 0.29) is 5.91 Å². The van der Waals surface area contributed by atoms with Crippen molar-refractivity contribution in [3.8, 4) is 0 Å². The highest BCUT2D eigenvalue weighted by atomic mass is 16.1. The van der Waals surface area contributed by atoms with Crippen LogP contribution in [-0.2, 0) is 4.79 Å². The number of carbonyl (C=O) groups excluding carboxylic acids is 1. The molecule has 1 rings (SSSR count). The van der Waals surface area contributed by atoms with E-state index in [1.807, 2.05) is 12.2 Å². The summed E-state index contributed by atoms with van der Waals surface area (Å²) in [4.78, 5) is 10.5. The Morgan fingerprint density at radius 3 is 3.25 bits per heavy atom. The third-order valence-electron chi connectivity index (χ3n) is 0.891. The van der Waals surface area contributed by atoms with E-state index in [0.29, 0.717) is 6.42 Å². The van der Waals surface area contributed by atoms with Gasteiger partial charge in [-0.05, 0) is 6.08 Å². The van der Waals surface area contributed by atoms with Crippen LogP contribution in [-0.4, -0.2) is 5.91 Å². The fourth-order valence-corrected chi connectivity index (χ4v) is 0.509.